The van der Waals surface area contributed by atoms with Gasteiger partial charge in [0.05, 0.1) is 33.6 Å². The quantitative estimate of drug-likeness (QED) is 0.811. The summed E-state index contributed by atoms with van der Waals surface area (Å²) in [7, 11) is -0.204. The van der Waals surface area contributed by atoms with Crippen LogP contribution in [0.25, 0.3) is 16.7 Å². The second-order valence-electron chi connectivity index (χ2n) is 5.95. The number of sulfone groups is 1. The maximum atomic E-state index is 12.9. The molecule has 140 valence electrons. The summed E-state index contributed by atoms with van der Waals surface area (Å²) in [5, 5.41) is 0. The van der Waals surface area contributed by atoms with Crippen molar-refractivity contribution in [1.82, 2.24) is 19.4 Å². The Morgan fingerprint density at radius 2 is 1.96 bits per heavy atom. The maximum absolute atomic E-state index is 12.9. The maximum Gasteiger partial charge on any atom is 0.433 e. The van der Waals surface area contributed by atoms with Gasteiger partial charge in [-0.1, -0.05) is 13.0 Å². The Balaban J connectivity index is 2.29. The third-order valence-corrected chi connectivity index (χ3v) is 6.01. The third-order valence-electron chi connectivity index (χ3n) is 4.25. The highest BCUT2D eigenvalue weighted by Gasteiger charge is 2.33. The van der Waals surface area contributed by atoms with Crippen LogP contribution in [0.15, 0.2) is 29.3 Å². The van der Waals surface area contributed by atoms with Crippen LogP contribution in [0.4, 0.5) is 13.2 Å². The summed E-state index contributed by atoms with van der Waals surface area (Å²) in [5.41, 5.74) is -0.186. The zero-order valence-corrected chi connectivity index (χ0v) is 15.2. The highest BCUT2D eigenvalue weighted by molar-refractivity contribution is 7.95. The van der Waals surface area contributed by atoms with Crippen LogP contribution in [0.2, 0.25) is 0 Å². The van der Waals surface area contributed by atoms with Gasteiger partial charge in [0, 0.05) is 20.6 Å². The van der Waals surface area contributed by atoms with Crippen molar-refractivity contribution in [3.05, 3.63) is 40.8 Å². The minimum Gasteiger partial charge on any atom is -0.367 e. The molecule has 0 spiro atoms. The van der Waals surface area contributed by atoms with Gasteiger partial charge in [-0.05, 0) is 12.1 Å². The molecule has 0 bridgehead atoms. The molecule has 0 N–H and O–H groups in total. The van der Waals surface area contributed by atoms with Crippen LogP contribution in [-0.4, -0.2) is 47.2 Å². The van der Waals surface area contributed by atoms with E-state index in [9.17, 15) is 21.6 Å². The fourth-order valence-corrected chi connectivity index (χ4v) is 3.98. The van der Waals surface area contributed by atoms with E-state index in [-0.39, 0.29) is 22.0 Å². The van der Waals surface area contributed by atoms with Crippen LogP contribution >= 0.6 is 0 Å². The summed E-state index contributed by atoms with van der Waals surface area (Å²) in [6.45, 7) is 2.00. The number of halogens is 3. The lowest BCUT2D eigenvalue weighted by Crippen LogP contribution is -2.25. The van der Waals surface area contributed by atoms with Crippen molar-refractivity contribution >= 4 is 26.6 Å². The minimum absolute atomic E-state index is 0.0896. The Morgan fingerprint density at radius 1 is 1.27 bits per heavy atom. The molecule has 2 aromatic rings. The first-order valence-electron chi connectivity index (χ1n) is 7.81. The highest BCUT2D eigenvalue weighted by atomic mass is 32.2. The van der Waals surface area contributed by atoms with E-state index in [1.165, 1.54) is 13.0 Å². The Kier molecular flexibility index (Phi) is 4.33. The van der Waals surface area contributed by atoms with Crippen molar-refractivity contribution in [1.29, 1.82) is 0 Å². The molecule has 0 radical (unpaired) electrons. The number of alkyl halides is 3. The minimum atomic E-state index is -4.58. The van der Waals surface area contributed by atoms with Gasteiger partial charge in [-0.25, -0.2) is 18.4 Å². The molecule has 3 rings (SSSR count). The summed E-state index contributed by atoms with van der Waals surface area (Å²) in [6.07, 6.45) is -0.237. The molecule has 26 heavy (non-hydrogen) atoms. The lowest BCUT2D eigenvalue weighted by Gasteiger charge is -2.26. The number of aryl methyl sites for hydroxylation is 1. The summed E-state index contributed by atoms with van der Waals surface area (Å²) < 4.78 is 65.2. The van der Waals surface area contributed by atoms with Crippen molar-refractivity contribution in [2.75, 3.05) is 19.3 Å². The van der Waals surface area contributed by atoms with E-state index in [1.54, 1.807) is 29.6 Å². The number of hydrogen-bond acceptors (Lipinski definition) is 5. The van der Waals surface area contributed by atoms with Crippen LogP contribution in [0.3, 0.4) is 0 Å². The van der Waals surface area contributed by atoms with Gasteiger partial charge in [-0.15, -0.1) is 0 Å². The zero-order chi connectivity index (χ0) is 19.3. The normalized spacial score (nSPS) is 16.0. The summed E-state index contributed by atoms with van der Waals surface area (Å²) in [6, 6.07) is 0.867. The second-order valence-corrected chi connectivity index (χ2v) is 8.20. The molecule has 3 heterocycles. The van der Waals surface area contributed by atoms with E-state index in [2.05, 4.69) is 9.97 Å². The molecule has 10 heteroatoms. The predicted octanol–water partition coefficient (Wildman–Crippen LogP) is 2.59. The fraction of sp³-hybridized carbons (Fsp3) is 0.375. The average molecular weight is 386 g/mol. The molecule has 0 aromatic carbocycles. The molecule has 0 atom stereocenters. The Bertz CT molecular complexity index is 1040. The van der Waals surface area contributed by atoms with Crippen molar-refractivity contribution in [3.8, 4) is 0 Å². The monoisotopic (exact) mass is 386 g/mol. The molecule has 0 saturated carbocycles. The number of allylic oxidation sites excluding steroid dienone is 1. The largest absolute Gasteiger partial charge is 0.433 e. The van der Waals surface area contributed by atoms with E-state index in [4.69, 9.17) is 0 Å². The zero-order valence-electron chi connectivity index (χ0n) is 14.4. The molecule has 2 aromatic heterocycles. The number of rotatable bonds is 3. The van der Waals surface area contributed by atoms with Crippen molar-refractivity contribution < 1.29 is 21.6 Å². The number of fused-ring (bicyclic) bond motifs is 1. The first-order chi connectivity index (χ1) is 12.1. The standard InChI is InChI=1S/C16H17F3N4O2S/c1-4-26(24,25)12-6-5-7-22(2)14(12)15-21-10-8-13(16(17,18)19)20-9-11(10)23(15)3/h5-6,8-9H,4,7H2,1-3H3. The predicted molar refractivity (Wildman–Crippen MR) is 91.7 cm³/mol. The molecule has 0 unspecified atom stereocenters. The highest BCUT2D eigenvalue weighted by Crippen LogP contribution is 2.33. The van der Waals surface area contributed by atoms with Gasteiger partial charge >= 0.3 is 6.18 Å². The lowest BCUT2D eigenvalue weighted by atomic mass is 10.2. The van der Waals surface area contributed by atoms with Crippen LogP contribution in [-0.2, 0) is 23.1 Å². The molecule has 6 nitrogen and oxygen atoms in total. The van der Waals surface area contributed by atoms with Crippen molar-refractivity contribution in [3.63, 3.8) is 0 Å². The molecule has 0 amide bonds. The Hall–Kier alpha value is -2.36. The van der Waals surface area contributed by atoms with Gasteiger partial charge in [0.15, 0.2) is 15.7 Å². The number of nitrogens with zero attached hydrogens (tertiary/aromatic N) is 4. The van der Waals surface area contributed by atoms with Crippen molar-refractivity contribution in [2.45, 2.75) is 13.1 Å². The van der Waals surface area contributed by atoms with Crippen molar-refractivity contribution in [2.24, 2.45) is 7.05 Å². The smallest absolute Gasteiger partial charge is 0.367 e. The van der Waals surface area contributed by atoms with E-state index in [1.807, 2.05) is 0 Å². The molecule has 0 saturated heterocycles. The van der Waals surface area contributed by atoms with Gasteiger partial charge in [0.2, 0.25) is 0 Å². The molecular weight excluding hydrogens is 369 g/mol. The first kappa shape index (κ1) is 18.4. The molecular formula is C16H17F3N4O2S. The molecule has 0 fully saturated rings. The molecule has 1 aliphatic rings. The van der Waals surface area contributed by atoms with Gasteiger partial charge < -0.3 is 9.47 Å². The van der Waals surface area contributed by atoms with E-state index in [0.29, 0.717) is 17.8 Å². The number of likely N-dealkylation sites (N-methyl/N-ethyl adjacent to an activating group) is 1. The first-order valence-corrected chi connectivity index (χ1v) is 9.46. The third kappa shape index (κ3) is 2.98. The van der Waals surface area contributed by atoms with Gasteiger partial charge in [-0.3, -0.25) is 0 Å². The van der Waals surface area contributed by atoms with E-state index < -0.39 is 21.7 Å². The SMILES string of the molecule is CCS(=O)(=O)C1=C(c2nc3cc(C(F)(F)F)ncc3n2C)N(C)CC=C1. The Morgan fingerprint density at radius 3 is 2.58 bits per heavy atom. The average Bonchev–Trinajstić information content (AvgIpc) is 2.90. The fourth-order valence-electron chi connectivity index (χ4n) is 2.82. The number of aromatic nitrogens is 3. The Labute approximate surface area is 148 Å². The number of imidazole rings is 1. The number of pyridine rings is 1. The van der Waals surface area contributed by atoms with Crippen LogP contribution in [0, 0.1) is 0 Å². The second kappa shape index (κ2) is 6.11. The van der Waals surface area contributed by atoms with Crippen LogP contribution in [0.1, 0.15) is 18.4 Å². The number of hydrogen-bond donors (Lipinski definition) is 0. The van der Waals surface area contributed by atoms with Crippen LogP contribution in [0.5, 0.6) is 0 Å². The van der Waals surface area contributed by atoms with Gasteiger partial charge in [-0.2, -0.15) is 13.2 Å². The van der Waals surface area contributed by atoms with Gasteiger partial charge in [0.25, 0.3) is 0 Å². The van der Waals surface area contributed by atoms with Crippen LogP contribution < -0.4 is 0 Å². The lowest BCUT2D eigenvalue weighted by molar-refractivity contribution is -0.141. The summed E-state index contributed by atoms with van der Waals surface area (Å²) in [4.78, 5) is 9.55. The molecule has 0 aliphatic carbocycles. The van der Waals surface area contributed by atoms with E-state index >= 15 is 0 Å². The topological polar surface area (TPSA) is 68.1 Å². The van der Waals surface area contributed by atoms with Gasteiger partial charge in [0.1, 0.15) is 5.69 Å². The summed E-state index contributed by atoms with van der Waals surface area (Å²) in [5.74, 6) is 0.188. The molecule has 1 aliphatic heterocycles. The summed E-state index contributed by atoms with van der Waals surface area (Å²) >= 11 is 0. The van der Waals surface area contributed by atoms with E-state index in [0.717, 1.165) is 12.3 Å².